The Balaban J connectivity index is 1.55. The van der Waals surface area contributed by atoms with Crippen LogP contribution in [-0.4, -0.2) is 27.3 Å². The van der Waals surface area contributed by atoms with Crippen molar-refractivity contribution >= 4 is 21.6 Å². The van der Waals surface area contributed by atoms with Gasteiger partial charge >= 0.3 is 0 Å². The second-order valence-corrected chi connectivity index (χ2v) is 7.52. The van der Waals surface area contributed by atoms with E-state index >= 15 is 0 Å². The van der Waals surface area contributed by atoms with Gasteiger partial charge in [0.25, 0.3) is 0 Å². The van der Waals surface area contributed by atoms with Gasteiger partial charge in [-0.3, -0.25) is 15.0 Å². The van der Waals surface area contributed by atoms with Crippen LogP contribution in [0.5, 0.6) is 0 Å². The zero-order valence-corrected chi connectivity index (χ0v) is 17.9. The SMILES string of the molecule is C/C(=N\OCCCc1cccc(-c2cc(Br)cc(C)n2)n1)c1cccc(C)n1. The molecule has 0 aliphatic rings. The Bertz CT molecular complexity index is 968. The molecule has 0 unspecified atom stereocenters. The molecule has 0 fully saturated rings. The fourth-order valence-electron chi connectivity index (χ4n) is 2.77. The first-order chi connectivity index (χ1) is 13.5. The van der Waals surface area contributed by atoms with E-state index in [1.165, 1.54) is 0 Å². The molecule has 0 radical (unpaired) electrons. The molecule has 0 saturated carbocycles. The first kappa shape index (κ1) is 20.1. The van der Waals surface area contributed by atoms with Gasteiger partial charge < -0.3 is 4.84 Å². The Morgan fingerprint density at radius 1 is 0.964 bits per heavy atom. The molecule has 0 aliphatic carbocycles. The van der Waals surface area contributed by atoms with Gasteiger partial charge in [0.1, 0.15) is 12.3 Å². The van der Waals surface area contributed by atoms with Crippen molar-refractivity contribution in [3.05, 3.63) is 75.8 Å². The number of hydrogen-bond donors (Lipinski definition) is 0. The molecule has 28 heavy (non-hydrogen) atoms. The Hall–Kier alpha value is -2.60. The summed E-state index contributed by atoms with van der Waals surface area (Å²) in [5.41, 5.74) is 6.31. The number of aromatic nitrogens is 3. The van der Waals surface area contributed by atoms with Crippen LogP contribution in [-0.2, 0) is 11.3 Å². The normalized spacial score (nSPS) is 11.5. The molecular formula is C22H23BrN4O. The molecule has 0 aliphatic heterocycles. The molecule has 3 heterocycles. The number of aryl methyl sites for hydroxylation is 3. The summed E-state index contributed by atoms with van der Waals surface area (Å²) in [7, 11) is 0. The predicted molar refractivity (Wildman–Crippen MR) is 115 cm³/mol. The van der Waals surface area contributed by atoms with Crippen LogP contribution in [0.4, 0.5) is 0 Å². The van der Waals surface area contributed by atoms with Crippen molar-refractivity contribution in [3.8, 4) is 11.4 Å². The third-order valence-electron chi connectivity index (χ3n) is 4.12. The van der Waals surface area contributed by atoms with Gasteiger partial charge in [0, 0.05) is 21.6 Å². The average molecular weight is 439 g/mol. The Labute approximate surface area is 174 Å². The van der Waals surface area contributed by atoms with Crippen LogP contribution in [0, 0.1) is 13.8 Å². The van der Waals surface area contributed by atoms with E-state index in [0.29, 0.717) is 6.61 Å². The zero-order chi connectivity index (χ0) is 19.9. The fourth-order valence-corrected chi connectivity index (χ4v) is 3.32. The Kier molecular flexibility index (Phi) is 6.87. The molecule has 5 nitrogen and oxygen atoms in total. The van der Waals surface area contributed by atoms with E-state index in [-0.39, 0.29) is 0 Å². The summed E-state index contributed by atoms with van der Waals surface area (Å²) in [6.45, 7) is 6.37. The molecule has 6 heteroatoms. The second-order valence-electron chi connectivity index (χ2n) is 6.60. The van der Waals surface area contributed by atoms with E-state index in [4.69, 9.17) is 9.82 Å². The van der Waals surface area contributed by atoms with Crippen LogP contribution in [0.25, 0.3) is 11.4 Å². The lowest BCUT2D eigenvalue weighted by molar-refractivity contribution is 0.141. The average Bonchev–Trinajstić information content (AvgIpc) is 2.67. The summed E-state index contributed by atoms with van der Waals surface area (Å²) in [4.78, 5) is 19.2. The van der Waals surface area contributed by atoms with Crippen LogP contribution in [0.2, 0.25) is 0 Å². The molecule has 3 aromatic rings. The number of halogens is 1. The van der Waals surface area contributed by atoms with Crippen LogP contribution in [0.15, 0.2) is 58.2 Å². The van der Waals surface area contributed by atoms with Crippen molar-refractivity contribution in [2.75, 3.05) is 6.61 Å². The Morgan fingerprint density at radius 3 is 2.57 bits per heavy atom. The van der Waals surface area contributed by atoms with Gasteiger partial charge in [-0.05, 0) is 70.0 Å². The summed E-state index contributed by atoms with van der Waals surface area (Å²) in [5, 5.41) is 4.17. The van der Waals surface area contributed by atoms with Gasteiger partial charge in [0.2, 0.25) is 0 Å². The van der Waals surface area contributed by atoms with E-state index in [2.05, 4.69) is 31.1 Å². The minimum atomic E-state index is 0.531. The quantitative estimate of drug-likeness (QED) is 0.285. The Morgan fingerprint density at radius 2 is 1.79 bits per heavy atom. The predicted octanol–water partition coefficient (Wildman–Crippen LogP) is 5.29. The smallest absolute Gasteiger partial charge is 0.117 e. The minimum absolute atomic E-state index is 0.531. The molecule has 3 aromatic heterocycles. The highest BCUT2D eigenvalue weighted by atomic mass is 79.9. The lowest BCUT2D eigenvalue weighted by Gasteiger charge is -2.06. The second kappa shape index (κ2) is 9.55. The van der Waals surface area contributed by atoms with Crippen molar-refractivity contribution in [2.45, 2.75) is 33.6 Å². The zero-order valence-electron chi connectivity index (χ0n) is 16.3. The third-order valence-corrected chi connectivity index (χ3v) is 4.57. The summed E-state index contributed by atoms with van der Waals surface area (Å²) in [6, 6.07) is 15.9. The van der Waals surface area contributed by atoms with Gasteiger partial charge in [-0.1, -0.05) is 33.2 Å². The highest BCUT2D eigenvalue weighted by molar-refractivity contribution is 9.10. The molecule has 3 rings (SSSR count). The van der Waals surface area contributed by atoms with Crippen LogP contribution >= 0.6 is 15.9 Å². The number of oxime groups is 1. The number of rotatable bonds is 7. The van der Waals surface area contributed by atoms with Crippen LogP contribution in [0.1, 0.15) is 36.1 Å². The molecule has 0 N–H and O–H groups in total. The van der Waals surface area contributed by atoms with E-state index in [9.17, 15) is 0 Å². The number of hydrogen-bond acceptors (Lipinski definition) is 5. The first-order valence-corrected chi connectivity index (χ1v) is 10.0. The first-order valence-electron chi connectivity index (χ1n) is 9.22. The maximum Gasteiger partial charge on any atom is 0.117 e. The van der Waals surface area contributed by atoms with Crippen LogP contribution in [0.3, 0.4) is 0 Å². The molecule has 0 spiro atoms. The van der Waals surface area contributed by atoms with Crippen molar-refractivity contribution < 1.29 is 4.84 Å². The lowest BCUT2D eigenvalue weighted by atomic mass is 10.2. The van der Waals surface area contributed by atoms with Crippen molar-refractivity contribution in [3.63, 3.8) is 0 Å². The summed E-state index contributed by atoms with van der Waals surface area (Å²) < 4.78 is 1.01. The molecular weight excluding hydrogens is 416 g/mol. The monoisotopic (exact) mass is 438 g/mol. The van der Waals surface area contributed by atoms with Gasteiger partial charge in [0.15, 0.2) is 0 Å². The maximum atomic E-state index is 5.46. The largest absolute Gasteiger partial charge is 0.396 e. The van der Waals surface area contributed by atoms with E-state index in [0.717, 1.165) is 57.2 Å². The van der Waals surface area contributed by atoms with Gasteiger partial charge in [-0.25, -0.2) is 0 Å². The van der Waals surface area contributed by atoms with E-state index in [1.54, 1.807) is 0 Å². The van der Waals surface area contributed by atoms with Crippen molar-refractivity contribution in [2.24, 2.45) is 5.16 Å². The van der Waals surface area contributed by atoms with Gasteiger partial charge in [0.05, 0.1) is 17.1 Å². The number of nitrogens with zero attached hydrogens (tertiary/aromatic N) is 4. The topological polar surface area (TPSA) is 60.3 Å². The summed E-state index contributed by atoms with van der Waals surface area (Å²) in [5.74, 6) is 0. The summed E-state index contributed by atoms with van der Waals surface area (Å²) >= 11 is 3.52. The summed E-state index contributed by atoms with van der Waals surface area (Å²) in [6.07, 6.45) is 1.65. The van der Waals surface area contributed by atoms with Gasteiger partial charge in [-0.15, -0.1) is 0 Å². The van der Waals surface area contributed by atoms with Crippen molar-refractivity contribution in [1.29, 1.82) is 0 Å². The van der Waals surface area contributed by atoms with E-state index in [1.807, 2.05) is 69.3 Å². The van der Waals surface area contributed by atoms with Crippen LogP contribution < -0.4 is 0 Å². The van der Waals surface area contributed by atoms with Gasteiger partial charge in [-0.2, -0.15) is 0 Å². The molecule has 0 saturated heterocycles. The minimum Gasteiger partial charge on any atom is -0.396 e. The standard InChI is InChI=1S/C22H23BrN4O/c1-15-7-4-10-20(24-15)17(3)27-28-12-6-9-19-8-5-11-21(26-19)22-14-18(23)13-16(2)25-22/h4-5,7-8,10-11,13-14H,6,9,12H2,1-3H3/b27-17+. The molecule has 0 aromatic carbocycles. The lowest BCUT2D eigenvalue weighted by Crippen LogP contribution is -2.02. The maximum absolute atomic E-state index is 5.46. The fraction of sp³-hybridized carbons (Fsp3) is 0.273. The third kappa shape index (κ3) is 5.70. The highest BCUT2D eigenvalue weighted by Gasteiger charge is 2.05. The van der Waals surface area contributed by atoms with E-state index < -0.39 is 0 Å². The molecule has 144 valence electrons. The highest BCUT2D eigenvalue weighted by Crippen LogP contribution is 2.21. The molecule has 0 bridgehead atoms. The molecule has 0 amide bonds. The molecule has 0 atom stereocenters. The van der Waals surface area contributed by atoms with Crippen molar-refractivity contribution in [1.82, 2.24) is 15.0 Å². The number of pyridine rings is 3.